The fourth-order valence-electron chi connectivity index (χ4n) is 8.54. The molecule has 0 atom stereocenters. The predicted molar refractivity (Wildman–Crippen MR) is 224 cm³/mol. The molecule has 0 amide bonds. The molecular weight excluding hydrogens is 673 g/mol. The third-order valence-electron chi connectivity index (χ3n) is 11.0. The van der Waals surface area contributed by atoms with Crippen LogP contribution in [0, 0.1) is 17.9 Å². The molecule has 0 saturated carbocycles. The van der Waals surface area contributed by atoms with E-state index in [1.54, 1.807) is 0 Å². The van der Waals surface area contributed by atoms with Crippen LogP contribution in [0.2, 0.25) is 0 Å². The summed E-state index contributed by atoms with van der Waals surface area (Å²) in [7, 11) is 0. The van der Waals surface area contributed by atoms with Crippen molar-refractivity contribution in [1.82, 2.24) is 9.13 Å². The second kappa shape index (κ2) is 11.8. The van der Waals surface area contributed by atoms with E-state index in [1.807, 2.05) is 54.6 Å². The minimum absolute atomic E-state index is 0.392. The van der Waals surface area contributed by atoms with Gasteiger partial charge < -0.3 is 13.6 Å². The third-order valence-corrected chi connectivity index (χ3v) is 11.0. The Morgan fingerprint density at radius 2 is 1.07 bits per heavy atom. The maximum atomic E-state index is 10.9. The van der Waals surface area contributed by atoms with E-state index in [4.69, 9.17) is 11.0 Å². The molecule has 5 heteroatoms. The van der Waals surface area contributed by atoms with Gasteiger partial charge in [0.15, 0.2) is 0 Å². The molecule has 254 valence electrons. The Morgan fingerprint density at radius 3 is 1.73 bits per heavy atom. The van der Waals surface area contributed by atoms with Crippen LogP contribution >= 0.6 is 0 Å². The normalized spacial score (nSPS) is 11.6. The number of rotatable bonds is 4. The molecule has 8 aromatic carbocycles. The quantitative estimate of drug-likeness (QED) is 0.172. The number of fused-ring (bicyclic) bond motifs is 10. The van der Waals surface area contributed by atoms with Crippen LogP contribution in [-0.2, 0) is 0 Å². The second-order valence-corrected chi connectivity index (χ2v) is 13.9. The van der Waals surface area contributed by atoms with Gasteiger partial charge in [-0.1, -0.05) is 109 Å². The molecule has 3 heterocycles. The number of para-hydroxylation sites is 2. The summed E-state index contributed by atoms with van der Waals surface area (Å²) in [6, 6.07) is 60.6. The Balaban J connectivity index is 1.19. The van der Waals surface area contributed by atoms with Crippen LogP contribution < -0.4 is 0 Å². The fraction of sp³-hybridized carbons (Fsp3) is 0. The van der Waals surface area contributed by atoms with Gasteiger partial charge in [0.2, 0.25) is 5.69 Å². The lowest BCUT2D eigenvalue weighted by Gasteiger charge is -2.16. The van der Waals surface area contributed by atoms with Crippen molar-refractivity contribution >= 4 is 71.2 Å². The van der Waals surface area contributed by atoms with Crippen LogP contribution in [-0.4, -0.2) is 9.13 Å². The number of aromatic nitrogens is 2. The Labute approximate surface area is 315 Å². The highest BCUT2D eigenvalue weighted by Gasteiger charge is 2.23. The summed E-state index contributed by atoms with van der Waals surface area (Å²) in [6.07, 6.45) is 0. The van der Waals surface area contributed by atoms with E-state index < -0.39 is 0 Å². The average Bonchev–Trinajstić information content (AvgIpc) is 3.91. The van der Waals surface area contributed by atoms with Crippen LogP contribution in [0.1, 0.15) is 5.56 Å². The van der Waals surface area contributed by atoms with Crippen molar-refractivity contribution in [3.8, 4) is 39.7 Å². The Bertz CT molecular complexity index is 3310. The summed E-state index contributed by atoms with van der Waals surface area (Å²) in [5.74, 6) is 0. The topological polar surface area (TPSA) is 51.1 Å². The number of hydrogen-bond donors (Lipinski definition) is 0. The molecule has 0 radical (unpaired) electrons. The minimum Gasteiger partial charge on any atom is -0.455 e. The maximum absolute atomic E-state index is 10.9. The third kappa shape index (κ3) is 4.51. The summed E-state index contributed by atoms with van der Waals surface area (Å²) < 4.78 is 10.8. The van der Waals surface area contributed by atoms with Crippen LogP contribution in [0.5, 0.6) is 0 Å². The molecule has 11 aromatic rings. The van der Waals surface area contributed by atoms with E-state index in [9.17, 15) is 5.26 Å². The lowest BCUT2D eigenvalue weighted by Crippen LogP contribution is -2.01. The molecule has 0 unspecified atom stereocenters. The van der Waals surface area contributed by atoms with Crippen molar-refractivity contribution < 1.29 is 4.42 Å². The van der Waals surface area contributed by atoms with E-state index in [-0.39, 0.29) is 0 Å². The summed E-state index contributed by atoms with van der Waals surface area (Å²) in [4.78, 5) is 4.13. The van der Waals surface area contributed by atoms with Gasteiger partial charge in [-0.2, -0.15) is 5.26 Å². The highest BCUT2D eigenvalue weighted by molar-refractivity contribution is 6.24. The number of nitriles is 1. The monoisotopic (exact) mass is 700 g/mol. The molecule has 0 aliphatic rings. The van der Waals surface area contributed by atoms with Crippen molar-refractivity contribution in [2.75, 3.05) is 0 Å². The summed E-state index contributed by atoms with van der Waals surface area (Å²) in [5.41, 5.74) is 12.0. The van der Waals surface area contributed by atoms with E-state index in [0.717, 1.165) is 93.5 Å². The first-order chi connectivity index (χ1) is 27.2. The van der Waals surface area contributed by atoms with Gasteiger partial charge in [0.05, 0.1) is 45.3 Å². The zero-order valence-electron chi connectivity index (χ0n) is 29.4. The van der Waals surface area contributed by atoms with Crippen molar-refractivity contribution in [2.45, 2.75) is 0 Å². The Hall–Kier alpha value is -7.86. The smallest absolute Gasteiger partial charge is 0.214 e. The first-order valence-electron chi connectivity index (χ1n) is 18.2. The average molecular weight is 701 g/mol. The molecule has 3 aromatic heterocycles. The van der Waals surface area contributed by atoms with E-state index in [2.05, 4.69) is 135 Å². The standard InChI is InChI=1S/C50H28N4O/c1-52-42-29-36(53-43-18-10-8-17-39(43)48-46(53)25-22-38-37-16-9-11-19-47(37)55-50(38)48)26-35(30-51)49(42)54-44-23-20-33(31-12-4-2-5-13-31)27-40(44)41-28-34(21-24-45(41)54)32-14-6-3-7-15-32/h2-29H. The number of hydrogen-bond acceptors (Lipinski definition) is 2. The molecular formula is C50H28N4O. The van der Waals surface area contributed by atoms with E-state index >= 15 is 0 Å². The predicted octanol–water partition coefficient (Wildman–Crippen LogP) is 13.5. The SMILES string of the molecule is [C-]#[N+]c1cc(-n2c3ccccc3c3c4oc5ccccc5c4ccc32)cc(C#N)c1-n1c2ccc(-c3ccccc3)cc2c2cc(-c3ccccc3)ccc21. The van der Waals surface area contributed by atoms with Gasteiger partial charge in [0.25, 0.3) is 0 Å². The Kier molecular flexibility index (Phi) is 6.61. The molecule has 0 bridgehead atoms. The van der Waals surface area contributed by atoms with Crippen molar-refractivity contribution in [1.29, 1.82) is 5.26 Å². The zero-order valence-corrected chi connectivity index (χ0v) is 29.4. The van der Waals surface area contributed by atoms with Gasteiger partial charge >= 0.3 is 0 Å². The second-order valence-electron chi connectivity index (χ2n) is 13.9. The summed E-state index contributed by atoms with van der Waals surface area (Å²) in [5, 5.41) is 17.2. The molecule has 0 aliphatic heterocycles. The molecule has 55 heavy (non-hydrogen) atoms. The Morgan fingerprint density at radius 1 is 0.491 bits per heavy atom. The fourth-order valence-corrected chi connectivity index (χ4v) is 8.54. The van der Waals surface area contributed by atoms with Gasteiger partial charge in [-0.15, -0.1) is 0 Å². The molecule has 0 saturated heterocycles. The number of benzene rings is 8. The lowest BCUT2D eigenvalue weighted by molar-refractivity contribution is 0.673. The van der Waals surface area contributed by atoms with Crippen LogP contribution in [0.3, 0.4) is 0 Å². The van der Waals surface area contributed by atoms with Crippen LogP contribution in [0.4, 0.5) is 5.69 Å². The van der Waals surface area contributed by atoms with Crippen LogP contribution in [0.15, 0.2) is 174 Å². The molecule has 11 rings (SSSR count). The lowest BCUT2D eigenvalue weighted by atomic mass is 10.0. The molecule has 5 nitrogen and oxygen atoms in total. The van der Waals surface area contributed by atoms with Crippen molar-refractivity contribution in [3.05, 3.63) is 187 Å². The van der Waals surface area contributed by atoms with Gasteiger partial charge in [0.1, 0.15) is 17.2 Å². The molecule has 0 fully saturated rings. The number of furan rings is 1. The zero-order chi connectivity index (χ0) is 36.6. The molecule has 0 aliphatic carbocycles. The van der Waals surface area contributed by atoms with E-state index in [0.29, 0.717) is 16.9 Å². The van der Waals surface area contributed by atoms with Crippen LogP contribution in [0.25, 0.3) is 104 Å². The first kappa shape index (κ1) is 30.7. The van der Waals surface area contributed by atoms with Gasteiger partial charge in [-0.25, -0.2) is 4.85 Å². The molecule has 0 spiro atoms. The molecule has 0 N–H and O–H groups in total. The maximum Gasteiger partial charge on any atom is 0.214 e. The van der Waals surface area contributed by atoms with Gasteiger partial charge in [-0.3, -0.25) is 0 Å². The minimum atomic E-state index is 0.392. The highest BCUT2D eigenvalue weighted by atomic mass is 16.3. The summed E-state index contributed by atoms with van der Waals surface area (Å²) in [6.45, 7) is 8.56. The van der Waals surface area contributed by atoms with Gasteiger partial charge in [0, 0.05) is 32.6 Å². The van der Waals surface area contributed by atoms with Crippen molar-refractivity contribution in [2.24, 2.45) is 0 Å². The van der Waals surface area contributed by atoms with Gasteiger partial charge in [-0.05, 0) is 82.9 Å². The first-order valence-corrected chi connectivity index (χ1v) is 18.2. The summed E-state index contributed by atoms with van der Waals surface area (Å²) >= 11 is 0. The van der Waals surface area contributed by atoms with E-state index in [1.165, 1.54) is 0 Å². The largest absolute Gasteiger partial charge is 0.455 e. The highest BCUT2D eigenvalue weighted by Crippen LogP contribution is 2.44. The van der Waals surface area contributed by atoms with Crippen molar-refractivity contribution in [3.63, 3.8) is 0 Å². The number of nitrogens with zero attached hydrogens (tertiary/aromatic N) is 4.